The van der Waals surface area contributed by atoms with Crippen LogP contribution in [0.1, 0.15) is 18.1 Å². The van der Waals surface area contributed by atoms with Gasteiger partial charge in [0.15, 0.2) is 0 Å². The summed E-state index contributed by atoms with van der Waals surface area (Å²) < 4.78 is 5.61. The lowest BCUT2D eigenvalue weighted by Gasteiger charge is -2.15. The van der Waals surface area contributed by atoms with Crippen LogP contribution < -0.4 is 4.74 Å². The Hall–Kier alpha value is -1.98. The second kappa shape index (κ2) is 7.93. The Kier molecular flexibility index (Phi) is 5.66. The molecule has 6 heteroatoms. The fourth-order valence-electron chi connectivity index (χ4n) is 2.71. The predicted molar refractivity (Wildman–Crippen MR) is 100 cm³/mol. The van der Waals surface area contributed by atoms with Crippen molar-refractivity contribution in [3.8, 4) is 5.75 Å². The molecule has 0 bridgehead atoms. The average Bonchev–Trinajstić information content (AvgIpc) is 2.86. The summed E-state index contributed by atoms with van der Waals surface area (Å²) in [5.41, 5.74) is 1.82. The number of carbonyl (C=O) groups excluding carboxylic acids is 2. The van der Waals surface area contributed by atoms with Crippen LogP contribution in [0.3, 0.4) is 0 Å². The van der Waals surface area contributed by atoms with E-state index >= 15 is 0 Å². The second-order valence-electron chi connectivity index (χ2n) is 5.67. The molecule has 0 unspecified atom stereocenters. The van der Waals surface area contributed by atoms with Crippen molar-refractivity contribution in [3.63, 3.8) is 0 Å². The first-order chi connectivity index (χ1) is 12.1. The lowest BCUT2D eigenvalue weighted by Crippen LogP contribution is -2.31. The van der Waals surface area contributed by atoms with E-state index in [1.807, 2.05) is 43.3 Å². The first-order valence-electron chi connectivity index (χ1n) is 8.05. The summed E-state index contributed by atoms with van der Waals surface area (Å²) in [5, 5.41) is 0.00264. The van der Waals surface area contributed by atoms with Crippen molar-refractivity contribution in [2.75, 3.05) is 6.61 Å². The third-order valence-corrected chi connectivity index (χ3v) is 5.26. The SMILES string of the molecule is CCOc1ccccc1C[C@@H]1SC(=O)N(Cc2ccc(Cl)cc2)C1=O. The fourth-order valence-corrected chi connectivity index (χ4v) is 3.85. The maximum Gasteiger partial charge on any atom is 0.289 e. The normalized spacial score (nSPS) is 17.2. The Morgan fingerprint density at radius 2 is 1.84 bits per heavy atom. The molecule has 0 aliphatic carbocycles. The van der Waals surface area contributed by atoms with Crippen LogP contribution in [0.25, 0.3) is 0 Å². The summed E-state index contributed by atoms with van der Waals surface area (Å²) >= 11 is 6.96. The smallest absolute Gasteiger partial charge is 0.289 e. The molecule has 0 N–H and O–H groups in total. The van der Waals surface area contributed by atoms with Crippen molar-refractivity contribution >= 4 is 34.5 Å². The minimum Gasteiger partial charge on any atom is -0.494 e. The highest BCUT2D eigenvalue weighted by Crippen LogP contribution is 2.33. The van der Waals surface area contributed by atoms with E-state index in [9.17, 15) is 9.59 Å². The zero-order valence-electron chi connectivity index (χ0n) is 13.8. The van der Waals surface area contributed by atoms with Gasteiger partial charge in [-0.05, 0) is 42.7 Å². The highest BCUT2D eigenvalue weighted by molar-refractivity contribution is 8.15. The number of para-hydroxylation sites is 1. The summed E-state index contributed by atoms with van der Waals surface area (Å²) in [6.07, 6.45) is 0.475. The fraction of sp³-hybridized carbons (Fsp3) is 0.263. The maximum absolute atomic E-state index is 12.7. The van der Waals surface area contributed by atoms with Gasteiger partial charge in [-0.3, -0.25) is 14.5 Å². The molecular weight excluding hydrogens is 358 g/mol. The molecule has 3 rings (SSSR count). The van der Waals surface area contributed by atoms with Crippen molar-refractivity contribution in [3.05, 3.63) is 64.7 Å². The van der Waals surface area contributed by atoms with Gasteiger partial charge in [-0.25, -0.2) is 0 Å². The van der Waals surface area contributed by atoms with E-state index in [1.165, 1.54) is 4.90 Å². The van der Waals surface area contributed by atoms with Gasteiger partial charge in [0.1, 0.15) is 5.75 Å². The molecule has 2 aromatic rings. The van der Waals surface area contributed by atoms with Crippen LogP contribution in [0, 0.1) is 0 Å². The summed E-state index contributed by atoms with van der Waals surface area (Å²) in [7, 11) is 0. The molecule has 1 aliphatic heterocycles. The highest BCUT2D eigenvalue weighted by Gasteiger charge is 2.39. The Balaban J connectivity index is 1.72. The van der Waals surface area contributed by atoms with Gasteiger partial charge in [0.25, 0.3) is 5.24 Å². The second-order valence-corrected chi connectivity index (χ2v) is 7.26. The van der Waals surface area contributed by atoms with E-state index in [0.717, 1.165) is 28.6 Å². The standard InChI is InChI=1S/C19H18ClNO3S/c1-2-24-16-6-4-3-5-14(16)11-17-18(22)21(19(23)25-17)12-13-7-9-15(20)10-8-13/h3-10,17H,2,11-12H2,1H3/t17-/m0/s1. The molecule has 0 saturated carbocycles. The molecule has 0 radical (unpaired) electrons. The van der Waals surface area contributed by atoms with Gasteiger partial charge in [-0.15, -0.1) is 0 Å². The molecule has 1 heterocycles. The van der Waals surface area contributed by atoms with Crippen molar-refractivity contribution in [2.24, 2.45) is 0 Å². The zero-order valence-corrected chi connectivity index (χ0v) is 15.3. The number of ether oxygens (including phenoxy) is 1. The molecule has 2 amide bonds. The van der Waals surface area contributed by atoms with E-state index in [2.05, 4.69) is 0 Å². The lowest BCUT2D eigenvalue weighted by molar-refractivity contribution is -0.127. The summed E-state index contributed by atoms with van der Waals surface area (Å²) in [6.45, 7) is 2.75. The number of imide groups is 1. The highest BCUT2D eigenvalue weighted by atomic mass is 35.5. The number of nitrogens with zero attached hydrogens (tertiary/aromatic N) is 1. The third kappa shape index (κ3) is 4.17. The molecule has 1 atom stereocenters. The number of halogens is 1. The molecule has 25 heavy (non-hydrogen) atoms. The van der Waals surface area contributed by atoms with Gasteiger partial charge >= 0.3 is 0 Å². The molecule has 1 aliphatic rings. The van der Waals surface area contributed by atoms with Crippen LogP contribution in [0.4, 0.5) is 4.79 Å². The minimum absolute atomic E-state index is 0.156. The predicted octanol–water partition coefficient (Wildman–Crippen LogP) is 4.55. The molecule has 4 nitrogen and oxygen atoms in total. The monoisotopic (exact) mass is 375 g/mol. The first-order valence-corrected chi connectivity index (χ1v) is 9.31. The maximum atomic E-state index is 12.7. The van der Waals surface area contributed by atoms with Crippen LogP contribution in [-0.4, -0.2) is 27.9 Å². The van der Waals surface area contributed by atoms with Gasteiger partial charge in [0.05, 0.1) is 18.4 Å². The van der Waals surface area contributed by atoms with Gasteiger partial charge in [0.2, 0.25) is 5.91 Å². The third-order valence-electron chi connectivity index (χ3n) is 3.94. The van der Waals surface area contributed by atoms with E-state index in [0.29, 0.717) is 18.1 Å². The Labute approximate surface area is 156 Å². The van der Waals surface area contributed by atoms with Crippen molar-refractivity contribution < 1.29 is 14.3 Å². The van der Waals surface area contributed by atoms with Crippen LogP contribution in [0.2, 0.25) is 5.02 Å². The number of rotatable bonds is 6. The quantitative estimate of drug-likeness (QED) is 0.743. The van der Waals surface area contributed by atoms with Crippen LogP contribution in [0.15, 0.2) is 48.5 Å². The van der Waals surface area contributed by atoms with E-state index < -0.39 is 5.25 Å². The number of carbonyl (C=O) groups is 2. The molecule has 130 valence electrons. The number of benzene rings is 2. The molecule has 0 spiro atoms. The van der Waals surface area contributed by atoms with Crippen molar-refractivity contribution in [2.45, 2.75) is 25.1 Å². The molecular formula is C19H18ClNO3S. The van der Waals surface area contributed by atoms with Crippen molar-refractivity contribution in [1.29, 1.82) is 0 Å². The largest absolute Gasteiger partial charge is 0.494 e. The molecule has 1 fully saturated rings. The van der Waals surface area contributed by atoms with Gasteiger partial charge in [-0.2, -0.15) is 0 Å². The molecule has 2 aromatic carbocycles. The summed E-state index contributed by atoms with van der Waals surface area (Å²) in [4.78, 5) is 26.3. The summed E-state index contributed by atoms with van der Waals surface area (Å²) in [6, 6.07) is 14.8. The summed E-state index contributed by atoms with van der Waals surface area (Å²) in [5.74, 6) is 0.609. The zero-order chi connectivity index (χ0) is 17.8. The van der Waals surface area contributed by atoms with E-state index in [1.54, 1.807) is 12.1 Å². The van der Waals surface area contributed by atoms with Crippen LogP contribution in [-0.2, 0) is 17.8 Å². The van der Waals surface area contributed by atoms with Gasteiger partial charge < -0.3 is 4.74 Å². The van der Waals surface area contributed by atoms with E-state index in [-0.39, 0.29) is 17.7 Å². The number of amides is 2. The van der Waals surface area contributed by atoms with Gasteiger partial charge in [-0.1, -0.05) is 53.7 Å². The number of thioether (sulfide) groups is 1. The number of hydrogen-bond donors (Lipinski definition) is 0. The van der Waals surface area contributed by atoms with E-state index in [4.69, 9.17) is 16.3 Å². The van der Waals surface area contributed by atoms with Crippen molar-refractivity contribution in [1.82, 2.24) is 4.90 Å². The first kappa shape index (κ1) is 17.8. The molecule has 1 saturated heterocycles. The number of hydrogen-bond acceptors (Lipinski definition) is 4. The Morgan fingerprint density at radius 1 is 1.12 bits per heavy atom. The topological polar surface area (TPSA) is 46.6 Å². The molecule has 0 aromatic heterocycles. The average molecular weight is 376 g/mol. The van der Waals surface area contributed by atoms with Gasteiger partial charge in [0, 0.05) is 5.02 Å². The minimum atomic E-state index is -0.415. The Bertz CT molecular complexity index is 778. The Morgan fingerprint density at radius 3 is 2.56 bits per heavy atom. The van der Waals surface area contributed by atoms with Crippen LogP contribution in [0.5, 0.6) is 5.75 Å². The lowest BCUT2D eigenvalue weighted by atomic mass is 10.1. The van der Waals surface area contributed by atoms with Crippen LogP contribution >= 0.6 is 23.4 Å².